The molecule has 0 saturated carbocycles. The molecule has 0 unspecified atom stereocenters. The fourth-order valence-corrected chi connectivity index (χ4v) is 2.21. The lowest BCUT2D eigenvalue weighted by molar-refractivity contribution is 0.0637. The molecule has 98 valence electrons. The third-order valence-electron chi connectivity index (χ3n) is 3.23. The van der Waals surface area contributed by atoms with Crippen LogP contribution in [-0.4, -0.2) is 53.4 Å². The second-order valence-electron chi connectivity index (χ2n) is 4.61. The molecule has 1 aliphatic rings. The van der Waals surface area contributed by atoms with Crippen LogP contribution in [0.4, 0.5) is 5.82 Å². The molecule has 0 aliphatic carbocycles. The van der Waals surface area contributed by atoms with E-state index >= 15 is 0 Å². The topological polar surface area (TPSA) is 62.5 Å². The van der Waals surface area contributed by atoms with Crippen molar-refractivity contribution in [1.82, 2.24) is 14.8 Å². The highest BCUT2D eigenvalue weighted by molar-refractivity contribution is 5.94. The third-order valence-corrected chi connectivity index (χ3v) is 3.23. The molecule has 0 bridgehead atoms. The van der Waals surface area contributed by atoms with Gasteiger partial charge >= 0.3 is 0 Å². The van der Waals surface area contributed by atoms with Crippen LogP contribution in [0.2, 0.25) is 0 Å². The van der Waals surface area contributed by atoms with E-state index in [1.165, 1.54) is 0 Å². The van der Waals surface area contributed by atoms with Crippen molar-refractivity contribution in [3.05, 3.63) is 23.9 Å². The summed E-state index contributed by atoms with van der Waals surface area (Å²) in [7, 11) is 0. The van der Waals surface area contributed by atoms with Crippen molar-refractivity contribution in [2.75, 3.05) is 38.5 Å². The van der Waals surface area contributed by atoms with Crippen molar-refractivity contribution in [3.63, 3.8) is 0 Å². The molecular formula is C13H20N4O. The molecule has 18 heavy (non-hydrogen) atoms. The van der Waals surface area contributed by atoms with Crippen molar-refractivity contribution in [1.29, 1.82) is 0 Å². The Kier molecular flexibility index (Phi) is 4.15. The summed E-state index contributed by atoms with van der Waals surface area (Å²) in [4.78, 5) is 20.4. The first kappa shape index (κ1) is 12.8. The number of nitrogens with two attached hydrogens (primary N) is 1. The predicted molar refractivity (Wildman–Crippen MR) is 71.3 cm³/mol. The van der Waals surface area contributed by atoms with Gasteiger partial charge in [-0.2, -0.15) is 0 Å². The van der Waals surface area contributed by atoms with Crippen LogP contribution in [0.1, 0.15) is 23.7 Å². The van der Waals surface area contributed by atoms with Gasteiger partial charge in [0.15, 0.2) is 0 Å². The van der Waals surface area contributed by atoms with Crippen LogP contribution < -0.4 is 5.73 Å². The van der Waals surface area contributed by atoms with E-state index in [1.54, 1.807) is 18.3 Å². The number of rotatable bonds is 3. The van der Waals surface area contributed by atoms with Crippen LogP contribution in [-0.2, 0) is 0 Å². The van der Waals surface area contributed by atoms with Gasteiger partial charge in [-0.3, -0.25) is 9.69 Å². The summed E-state index contributed by atoms with van der Waals surface area (Å²) in [6.07, 6.45) is 2.71. The molecule has 1 saturated heterocycles. The third kappa shape index (κ3) is 2.98. The fourth-order valence-electron chi connectivity index (χ4n) is 2.21. The minimum absolute atomic E-state index is 0.0543. The average molecular weight is 248 g/mol. The van der Waals surface area contributed by atoms with E-state index in [1.807, 2.05) is 4.90 Å². The molecular weight excluding hydrogens is 228 g/mol. The van der Waals surface area contributed by atoms with Gasteiger partial charge in [0.25, 0.3) is 5.91 Å². The molecule has 1 aromatic heterocycles. The first-order chi connectivity index (χ1) is 8.70. The van der Waals surface area contributed by atoms with E-state index in [-0.39, 0.29) is 5.91 Å². The molecule has 1 aliphatic heterocycles. The van der Waals surface area contributed by atoms with Gasteiger partial charge in [0.05, 0.1) is 5.56 Å². The monoisotopic (exact) mass is 248 g/mol. The summed E-state index contributed by atoms with van der Waals surface area (Å²) in [5.74, 6) is 0.498. The highest BCUT2D eigenvalue weighted by Gasteiger charge is 2.21. The number of carbonyl (C=O) groups excluding carboxylic acids is 1. The summed E-state index contributed by atoms with van der Waals surface area (Å²) < 4.78 is 0. The van der Waals surface area contributed by atoms with Crippen LogP contribution in [0.3, 0.4) is 0 Å². The molecule has 0 radical (unpaired) electrons. The van der Waals surface area contributed by atoms with Crippen LogP contribution in [0.25, 0.3) is 0 Å². The average Bonchev–Trinajstić information content (AvgIpc) is 2.40. The zero-order valence-electron chi connectivity index (χ0n) is 10.8. The molecule has 1 amide bonds. The van der Waals surface area contributed by atoms with Gasteiger partial charge in [-0.05, 0) is 25.1 Å². The van der Waals surface area contributed by atoms with Crippen LogP contribution >= 0.6 is 0 Å². The number of nitrogens with zero attached hydrogens (tertiary/aromatic N) is 3. The summed E-state index contributed by atoms with van der Waals surface area (Å²) in [6, 6.07) is 3.41. The van der Waals surface area contributed by atoms with Crippen LogP contribution in [0.15, 0.2) is 18.3 Å². The van der Waals surface area contributed by atoms with Crippen LogP contribution in [0, 0.1) is 0 Å². The van der Waals surface area contributed by atoms with Gasteiger partial charge < -0.3 is 10.6 Å². The highest BCUT2D eigenvalue weighted by Crippen LogP contribution is 2.09. The van der Waals surface area contributed by atoms with Crippen LogP contribution in [0.5, 0.6) is 0 Å². The molecule has 5 nitrogen and oxygen atoms in total. The quantitative estimate of drug-likeness (QED) is 0.860. The standard InChI is InChI=1S/C13H20N4O/c1-2-5-16-6-8-17(9-7-16)13(18)11-3-4-12(14)15-10-11/h3-4,10H,2,5-9H2,1H3,(H2,14,15). The lowest BCUT2D eigenvalue weighted by atomic mass is 10.2. The van der Waals surface area contributed by atoms with Gasteiger partial charge in [0.1, 0.15) is 5.82 Å². The number of anilines is 1. The molecule has 2 heterocycles. The molecule has 1 fully saturated rings. The van der Waals surface area contributed by atoms with Crippen molar-refractivity contribution in [3.8, 4) is 0 Å². The SMILES string of the molecule is CCCN1CCN(C(=O)c2ccc(N)nc2)CC1. The number of carbonyl (C=O) groups is 1. The molecule has 1 aromatic rings. The Balaban J connectivity index is 1.93. The number of aromatic nitrogens is 1. The normalized spacial score (nSPS) is 16.8. The number of hydrogen-bond acceptors (Lipinski definition) is 4. The van der Waals surface area contributed by atoms with Crippen molar-refractivity contribution in [2.45, 2.75) is 13.3 Å². The maximum absolute atomic E-state index is 12.2. The molecule has 0 atom stereocenters. The molecule has 2 rings (SSSR count). The van der Waals surface area contributed by atoms with E-state index < -0.39 is 0 Å². The number of pyridine rings is 1. The zero-order valence-corrected chi connectivity index (χ0v) is 10.8. The van der Waals surface area contributed by atoms with E-state index in [0.29, 0.717) is 11.4 Å². The number of piperazine rings is 1. The summed E-state index contributed by atoms with van der Waals surface area (Å²) in [5, 5.41) is 0. The smallest absolute Gasteiger partial charge is 0.255 e. The van der Waals surface area contributed by atoms with E-state index in [0.717, 1.165) is 39.1 Å². The number of nitrogen functional groups attached to an aromatic ring is 1. The first-order valence-electron chi connectivity index (χ1n) is 6.44. The maximum Gasteiger partial charge on any atom is 0.255 e. The van der Waals surface area contributed by atoms with E-state index in [2.05, 4.69) is 16.8 Å². The molecule has 2 N–H and O–H groups in total. The minimum Gasteiger partial charge on any atom is -0.384 e. The maximum atomic E-state index is 12.2. The lowest BCUT2D eigenvalue weighted by Crippen LogP contribution is -2.48. The van der Waals surface area contributed by atoms with Gasteiger partial charge in [-0.25, -0.2) is 4.98 Å². The van der Waals surface area contributed by atoms with E-state index in [9.17, 15) is 4.79 Å². The molecule has 0 aromatic carbocycles. The van der Waals surface area contributed by atoms with Gasteiger partial charge in [0.2, 0.25) is 0 Å². The Morgan fingerprint density at radius 1 is 1.33 bits per heavy atom. The Morgan fingerprint density at radius 3 is 2.61 bits per heavy atom. The predicted octanol–water partition coefficient (Wildman–Crippen LogP) is 0.832. The van der Waals surface area contributed by atoms with Gasteiger partial charge in [-0.1, -0.05) is 6.92 Å². The largest absolute Gasteiger partial charge is 0.384 e. The second-order valence-corrected chi connectivity index (χ2v) is 4.61. The second kappa shape index (κ2) is 5.82. The summed E-state index contributed by atoms with van der Waals surface area (Å²) in [6.45, 7) is 6.80. The Labute approximate surface area is 108 Å². The minimum atomic E-state index is 0.0543. The zero-order chi connectivity index (χ0) is 13.0. The van der Waals surface area contributed by atoms with Gasteiger partial charge in [-0.15, -0.1) is 0 Å². The summed E-state index contributed by atoms with van der Waals surface area (Å²) in [5.41, 5.74) is 6.13. The van der Waals surface area contributed by atoms with Crippen molar-refractivity contribution >= 4 is 11.7 Å². The summed E-state index contributed by atoms with van der Waals surface area (Å²) >= 11 is 0. The van der Waals surface area contributed by atoms with Gasteiger partial charge in [0, 0.05) is 32.4 Å². The number of hydrogen-bond donors (Lipinski definition) is 1. The number of amides is 1. The molecule has 5 heteroatoms. The highest BCUT2D eigenvalue weighted by atomic mass is 16.2. The Bertz CT molecular complexity index is 396. The first-order valence-corrected chi connectivity index (χ1v) is 6.44. The van der Waals surface area contributed by atoms with Crippen molar-refractivity contribution < 1.29 is 4.79 Å². The lowest BCUT2D eigenvalue weighted by Gasteiger charge is -2.34. The molecule has 0 spiro atoms. The fraction of sp³-hybridized carbons (Fsp3) is 0.538. The Hall–Kier alpha value is -1.62. The van der Waals surface area contributed by atoms with E-state index in [4.69, 9.17) is 5.73 Å². The Morgan fingerprint density at radius 2 is 2.06 bits per heavy atom. The van der Waals surface area contributed by atoms with Crippen molar-refractivity contribution in [2.24, 2.45) is 0 Å².